The SMILES string of the molecule is Cc1ccc(Nc2cccc3c2CCN(S(C)(=O)=O)C3)cc1-c1cc2ccccc2[nH]1. The molecule has 158 valence electrons. The third-order valence-corrected chi connectivity index (χ3v) is 7.29. The summed E-state index contributed by atoms with van der Waals surface area (Å²) in [6.45, 7) is 3.06. The van der Waals surface area contributed by atoms with Gasteiger partial charge in [0.25, 0.3) is 0 Å². The van der Waals surface area contributed by atoms with Crippen molar-refractivity contribution in [3.8, 4) is 11.3 Å². The van der Waals surface area contributed by atoms with Crippen molar-refractivity contribution in [2.45, 2.75) is 19.9 Å². The number of aromatic nitrogens is 1. The molecular weight excluding hydrogens is 406 g/mol. The van der Waals surface area contributed by atoms with Gasteiger partial charge < -0.3 is 10.3 Å². The van der Waals surface area contributed by atoms with Crippen LogP contribution in [0.15, 0.2) is 66.7 Å². The van der Waals surface area contributed by atoms with E-state index in [0.717, 1.165) is 33.7 Å². The van der Waals surface area contributed by atoms with E-state index in [1.165, 1.54) is 22.8 Å². The maximum Gasteiger partial charge on any atom is 0.211 e. The molecule has 6 heteroatoms. The molecule has 0 atom stereocenters. The van der Waals surface area contributed by atoms with Gasteiger partial charge >= 0.3 is 0 Å². The number of nitrogens with zero attached hydrogens (tertiary/aromatic N) is 1. The molecule has 2 N–H and O–H groups in total. The molecule has 3 aromatic carbocycles. The number of anilines is 2. The van der Waals surface area contributed by atoms with Gasteiger partial charge in [-0.2, -0.15) is 4.31 Å². The Bertz CT molecular complexity index is 1360. The van der Waals surface area contributed by atoms with Crippen molar-refractivity contribution >= 4 is 32.3 Å². The lowest BCUT2D eigenvalue weighted by Gasteiger charge is -2.28. The monoisotopic (exact) mass is 431 g/mol. The van der Waals surface area contributed by atoms with Crippen LogP contribution in [0.25, 0.3) is 22.2 Å². The van der Waals surface area contributed by atoms with E-state index in [1.54, 1.807) is 4.31 Å². The Balaban J connectivity index is 1.47. The zero-order chi connectivity index (χ0) is 21.6. The van der Waals surface area contributed by atoms with Gasteiger partial charge in [0.15, 0.2) is 0 Å². The second kappa shape index (κ2) is 7.55. The lowest BCUT2D eigenvalue weighted by atomic mass is 9.98. The Kier molecular flexibility index (Phi) is 4.84. The first-order valence-corrected chi connectivity index (χ1v) is 12.2. The maximum atomic E-state index is 11.9. The molecule has 4 aromatic rings. The molecule has 2 heterocycles. The van der Waals surface area contributed by atoms with Crippen LogP contribution in [0.3, 0.4) is 0 Å². The Morgan fingerprint density at radius 2 is 1.84 bits per heavy atom. The third kappa shape index (κ3) is 3.84. The van der Waals surface area contributed by atoms with Gasteiger partial charge in [0.1, 0.15) is 0 Å². The van der Waals surface area contributed by atoms with E-state index in [0.29, 0.717) is 19.5 Å². The van der Waals surface area contributed by atoms with E-state index in [9.17, 15) is 8.42 Å². The predicted molar refractivity (Wildman–Crippen MR) is 127 cm³/mol. The Labute approximate surface area is 182 Å². The largest absolute Gasteiger partial charge is 0.355 e. The Morgan fingerprint density at radius 1 is 1.00 bits per heavy atom. The van der Waals surface area contributed by atoms with Gasteiger partial charge in [-0.1, -0.05) is 36.4 Å². The number of rotatable bonds is 4. The van der Waals surface area contributed by atoms with Crippen molar-refractivity contribution in [2.75, 3.05) is 18.1 Å². The van der Waals surface area contributed by atoms with Gasteiger partial charge in [0, 0.05) is 46.6 Å². The molecular formula is C25H25N3O2S. The third-order valence-electron chi connectivity index (χ3n) is 6.04. The summed E-state index contributed by atoms with van der Waals surface area (Å²) >= 11 is 0. The zero-order valence-corrected chi connectivity index (χ0v) is 18.5. The zero-order valence-electron chi connectivity index (χ0n) is 17.6. The van der Waals surface area contributed by atoms with E-state index in [-0.39, 0.29) is 0 Å². The molecule has 0 fully saturated rings. The molecule has 1 aromatic heterocycles. The number of para-hydroxylation sites is 1. The van der Waals surface area contributed by atoms with Crippen LogP contribution in [0, 0.1) is 6.92 Å². The topological polar surface area (TPSA) is 65.2 Å². The van der Waals surface area contributed by atoms with Crippen molar-refractivity contribution in [1.29, 1.82) is 0 Å². The summed E-state index contributed by atoms with van der Waals surface area (Å²) < 4.78 is 25.4. The van der Waals surface area contributed by atoms with Gasteiger partial charge in [-0.3, -0.25) is 0 Å². The van der Waals surface area contributed by atoms with Gasteiger partial charge in [-0.05, 0) is 60.4 Å². The summed E-state index contributed by atoms with van der Waals surface area (Å²) in [5, 5.41) is 4.77. The molecule has 0 aliphatic carbocycles. The molecule has 5 nitrogen and oxygen atoms in total. The average molecular weight is 432 g/mol. The quantitative estimate of drug-likeness (QED) is 0.466. The molecule has 1 aliphatic rings. The van der Waals surface area contributed by atoms with Gasteiger partial charge in [0.2, 0.25) is 10.0 Å². The molecule has 0 unspecified atom stereocenters. The van der Waals surface area contributed by atoms with Crippen molar-refractivity contribution in [3.05, 3.63) is 83.4 Å². The van der Waals surface area contributed by atoms with E-state index >= 15 is 0 Å². The van der Waals surface area contributed by atoms with Crippen LogP contribution in [0.2, 0.25) is 0 Å². The molecule has 0 saturated heterocycles. The lowest BCUT2D eigenvalue weighted by Crippen LogP contribution is -2.35. The number of fused-ring (bicyclic) bond motifs is 2. The molecule has 0 spiro atoms. The Morgan fingerprint density at radius 3 is 2.65 bits per heavy atom. The molecule has 5 rings (SSSR count). The fourth-order valence-electron chi connectivity index (χ4n) is 4.35. The minimum atomic E-state index is -3.18. The van der Waals surface area contributed by atoms with Gasteiger partial charge in [-0.15, -0.1) is 0 Å². The number of benzene rings is 3. The van der Waals surface area contributed by atoms with Crippen LogP contribution in [-0.2, 0) is 23.0 Å². The van der Waals surface area contributed by atoms with Crippen LogP contribution in [-0.4, -0.2) is 30.5 Å². The number of sulfonamides is 1. The highest BCUT2D eigenvalue weighted by atomic mass is 32.2. The highest BCUT2D eigenvalue weighted by molar-refractivity contribution is 7.88. The molecule has 0 amide bonds. The van der Waals surface area contributed by atoms with Crippen LogP contribution < -0.4 is 5.32 Å². The maximum absolute atomic E-state index is 11.9. The summed E-state index contributed by atoms with van der Waals surface area (Å²) in [6, 6.07) is 22.9. The van der Waals surface area contributed by atoms with Crippen molar-refractivity contribution < 1.29 is 8.42 Å². The van der Waals surface area contributed by atoms with Crippen molar-refractivity contribution in [1.82, 2.24) is 9.29 Å². The first-order valence-electron chi connectivity index (χ1n) is 10.4. The second-order valence-electron chi connectivity index (χ2n) is 8.21. The molecule has 0 bridgehead atoms. The highest BCUT2D eigenvalue weighted by Crippen LogP contribution is 2.33. The second-order valence-corrected chi connectivity index (χ2v) is 10.2. The minimum absolute atomic E-state index is 0.428. The normalized spacial score (nSPS) is 14.5. The summed E-state index contributed by atoms with van der Waals surface area (Å²) in [5.41, 5.74) is 8.89. The summed E-state index contributed by atoms with van der Waals surface area (Å²) in [4.78, 5) is 3.52. The number of hydrogen-bond acceptors (Lipinski definition) is 3. The molecule has 1 aliphatic heterocycles. The van der Waals surface area contributed by atoms with E-state index in [2.05, 4.69) is 59.7 Å². The first-order chi connectivity index (χ1) is 14.9. The average Bonchev–Trinajstić information content (AvgIpc) is 3.18. The van der Waals surface area contributed by atoms with Crippen LogP contribution in [0.1, 0.15) is 16.7 Å². The van der Waals surface area contributed by atoms with Gasteiger partial charge in [-0.25, -0.2) is 8.42 Å². The first kappa shape index (κ1) is 19.8. The predicted octanol–water partition coefficient (Wildman–Crippen LogP) is 5.20. The summed E-state index contributed by atoms with van der Waals surface area (Å²) in [7, 11) is -3.18. The standard InChI is InChI=1S/C25H25N3O2S/c1-17-10-11-20(15-22(17)25-14-18-6-3-4-8-23(18)27-25)26-24-9-5-7-19-16-28(31(2,29)30)13-12-21(19)24/h3-11,14-15,26-27H,12-13,16H2,1-2H3. The minimum Gasteiger partial charge on any atom is -0.355 e. The lowest BCUT2D eigenvalue weighted by molar-refractivity contribution is 0.395. The molecule has 0 radical (unpaired) electrons. The number of aryl methyl sites for hydroxylation is 1. The number of nitrogens with one attached hydrogen (secondary N) is 2. The van der Waals surface area contributed by atoms with Crippen molar-refractivity contribution in [3.63, 3.8) is 0 Å². The van der Waals surface area contributed by atoms with E-state index in [4.69, 9.17) is 0 Å². The fraction of sp³-hybridized carbons (Fsp3) is 0.200. The number of H-pyrrole nitrogens is 1. The van der Waals surface area contributed by atoms with Gasteiger partial charge in [0.05, 0.1) is 6.26 Å². The molecule has 0 saturated carbocycles. The Hall–Kier alpha value is -3.09. The number of aromatic amines is 1. The number of hydrogen-bond donors (Lipinski definition) is 2. The van der Waals surface area contributed by atoms with Crippen LogP contribution in [0.4, 0.5) is 11.4 Å². The van der Waals surface area contributed by atoms with E-state index in [1.807, 2.05) is 24.3 Å². The van der Waals surface area contributed by atoms with Crippen LogP contribution in [0.5, 0.6) is 0 Å². The molecule has 31 heavy (non-hydrogen) atoms. The summed E-state index contributed by atoms with van der Waals surface area (Å²) in [6.07, 6.45) is 1.98. The fourth-order valence-corrected chi connectivity index (χ4v) is 5.14. The van der Waals surface area contributed by atoms with Crippen LogP contribution >= 0.6 is 0 Å². The smallest absolute Gasteiger partial charge is 0.211 e. The highest BCUT2D eigenvalue weighted by Gasteiger charge is 2.24. The van der Waals surface area contributed by atoms with Crippen molar-refractivity contribution in [2.24, 2.45) is 0 Å². The van der Waals surface area contributed by atoms with E-state index < -0.39 is 10.0 Å². The summed E-state index contributed by atoms with van der Waals surface area (Å²) in [5.74, 6) is 0.